The highest BCUT2D eigenvalue weighted by Crippen LogP contribution is 2.24. The van der Waals surface area contributed by atoms with E-state index >= 15 is 0 Å². The number of hydrogen-bond donors (Lipinski definition) is 0. The molecule has 0 spiro atoms. The summed E-state index contributed by atoms with van der Waals surface area (Å²) in [6.45, 7) is 8.13. The van der Waals surface area contributed by atoms with Gasteiger partial charge in [-0.05, 0) is 44.4 Å². The first kappa shape index (κ1) is 14.9. The van der Waals surface area contributed by atoms with Crippen molar-refractivity contribution in [2.24, 2.45) is 5.92 Å². The standard InChI is InChI=1S/C16H21ClN2O/c1-12-9-10-19(11-12)15-5-4-6-16(18-15)20-14(3)8-7-13(2)17/h4-8,12H,9-11H2,1-3H3/b13-7+,14-8+. The van der Waals surface area contributed by atoms with Crippen molar-refractivity contribution in [1.29, 1.82) is 0 Å². The summed E-state index contributed by atoms with van der Waals surface area (Å²) < 4.78 is 5.71. The molecule has 0 bridgehead atoms. The lowest BCUT2D eigenvalue weighted by Gasteiger charge is -2.17. The van der Waals surface area contributed by atoms with Crippen LogP contribution in [0.5, 0.6) is 5.88 Å². The Labute approximate surface area is 125 Å². The monoisotopic (exact) mass is 292 g/mol. The summed E-state index contributed by atoms with van der Waals surface area (Å²) in [6, 6.07) is 5.89. The summed E-state index contributed by atoms with van der Waals surface area (Å²) in [5.41, 5.74) is 0. The van der Waals surface area contributed by atoms with Crippen LogP contribution in [0.3, 0.4) is 0 Å². The van der Waals surface area contributed by atoms with Crippen molar-refractivity contribution in [1.82, 2.24) is 4.98 Å². The molecule has 0 radical (unpaired) electrons. The topological polar surface area (TPSA) is 25.4 Å². The maximum absolute atomic E-state index is 5.79. The SMILES string of the molecule is C/C(Cl)=C\C=C(/C)Oc1cccc(N2CCC(C)C2)n1. The average molecular weight is 293 g/mol. The van der Waals surface area contributed by atoms with Crippen LogP contribution in [-0.2, 0) is 0 Å². The number of rotatable bonds is 4. The second-order valence-electron chi connectivity index (χ2n) is 5.31. The third kappa shape index (κ3) is 4.27. The van der Waals surface area contributed by atoms with Crippen molar-refractivity contribution < 1.29 is 4.74 Å². The number of anilines is 1. The fraction of sp³-hybridized carbons (Fsp3) is 0.438. The lowest BCUT2D eigenvalue weighted by atomic mass is 10.2. The molecular formula is C16H21ClN2O. The molecule has 1 unspecified atom stereocenters. The van der Waals surface area contributed by atoms with Crippen molar-refractivity contribution in [3.63, 3.8) is 0 Å². The number of aromatic nitrogens is 1. The Hall–Kier alpha value is -1.48. The van der Waals surface area contributed by atoms with Gasteiger partial charge in [-0.1, -0.05) is 24.6 Å². The van der Waals surface area contributed by atoms with Crippen molar-refractivity contribution in [2.75, 3.05) is 18.0 Å². The van der Waals surface area contributed by atoms with Gasteiger partial charge in [0, 0.05) is 24.2 Å². The molecule has 0 aromatic carbocycles. The molecule has 3 nitrogen and oxygen atoms in total. The van der Waals surface area contributed by atoms with E-state index in [9.17, 15) is 0 Å². The number of nitrogens with zero attached hydrogens (tertiary/aromatic N) is 2. The second kappa shape index (κ2) is 6.80. The molecule has 0 aliphatic carbocycles. The molecule has 20 heavy (non-hydrogen) atoms. The summed E-state index contributed by atoms with van der Waals surface area (Å²) in [5, 5.41) is 0.723. The molecular weight excluding hydrogens is 272 g/mol. The Kier molecular flexibility index (Phi) is 5.07. The molecule has 1 atom stereocenters. The Balaban J connectivity index is 2.06. The Bertz CT molecular complexity index is 521. The maximum Gasteiger partial charge on any atom is 0.220 e. The Morgan fingerprint density at radius 2 is 2.20 bits per heavy atom. The van der Waals surface area contributed by atoms with Gasteiger partial charge in [-0.15, -0.1) is 0 Å². The fourth-order valence-electron chi connectivity index (χ4n) is 2.21. The van der Waals surface area contributed by atoms with Gasteiger partial charge in [0.05, 0.1) is 0 Å². The van der Waals surface area contributed by atoms with Crippen LogP contribution in [0, 0.1) is 5.92 Å². The lowest BCUT2D eigenvalue weighted by Crippen LogP contribution is -2.20. The second-order valence-corrected chi connectivity index (χ2v) is 5.90. The van der Waals surface area contributed by atoms with Crippen LogP contribution in [0.25, 0.3) is 0 Å². The molecule has 0 saturated carbocycles. The van der Waals surface area contributed by atoms with Crippen LogP contribution in [0.2, 0.25) is 0 Å². The molecule has 2 rings (SSSR count). The molecule has 108 valence electrons. The first-order chi connectivity index (χ1) is 9.54. The number of allylic oxidation sites excluding steroid dienone is 4. The highest BCUT2D eigenvalue weighted by atomic mass is 35.5. The molecule has 1 aromatic rings. The first-order valence-corrected chi connectivity index (χ1v) is 7.33. The van der Waals surface area contributed by atoms with E-state index in [0.717, 1.165) is 35.6 Å². The van der Waals surface area contributed by atoms with Gasteiger partial charge in [0.15, 0.2) is 0 Å². The molecule has 1 aliphatic rings. The van der Waals surface area contributed by atoms with E-state index in [4.69, 9.17) is 16.3 Å². The van der Waals surface area contributed by atoms with Gasteiger partial charge in [0.1, 0.15) is 11.6 Å². The first-order valence-electron chi connectivity index (χ1n) is 6.95. The smallest absolute Gasteiger partial charge is 0.220 e. The zero-order valence-corrected chi connectivity index (χ0v) is 13.0. The van der Waals surface area contributed by atoms with Crippen LogP contribution in [0.1, 0.15) is 27.2 Å². The third-order valence-electron chi connectivity index (χ3n) is 3.27. The summed E-state index contributed by atoms with van der Waals surface area (Å²) in [6.07, 6.45) is 4.88. The summed E-state index contributed by atoms with van der Waals surface area (Å²) in [7, 11) is 0. The van der Waals surface area contributed by atoms with Crippen LogP contribution in [0.15, 0.2) is 41.1 Å². The molecule has 1 aliphatic heterocycles. The van der Waals surface area contributed by atoms with Crippen molar-refractivity contribution in [2.45, 2.75) is 27.2 Å². The summed E-state index contributed by atoms with van der Waals surface area (Å²) in [5.74, 6) is 3.12. The largest absolute Gasteiger partial charge is 0.444 e. The summed E-state index contributed by atoms with van der Waals surface area (Å²) >= 11 is 5.79. The predicted molar refractivity (Wildman–Crippen MR) is 84.2 cm³/mol. The maximum atomic E-state index is 5.79. The molecule has 1 fully saturated rings. The van der Waals surface area contributed by atoms with E-state index in [1.54, 1.807) is 0 Å². The molecule has 0 N–H and O–H groups in total. The van der Waals surface area contributed by atoms with E-state index in [0.29, 0.717) is 5.88 Å². The van der Waals surface area contributed by atoms with Crippen molar-refractivity contribution in [3.8, 4) is 5.88 Å². The Morgan fingerprint density at radius 3 is 2.85 bits per heavy atom. The number of halogens is 1. The number of pyridine rings is 1. The van der Waals surface area contributed by atoms with E-state index < -0.39 is 0 Å². The highest BCUT2D eigenvalue weighted by Gasteiger charge is 2.19. The molecule has 0 amide bonds. The summed E-state index contributed by atoms with van der Waals surface area (Å²) in [4.78, 5) is 6.87. The lowest BCUT2D eigenvalue weighted by molar-refractivity contribution is 0.411. The zero-order chi connectivity index (χ0) is 14.5. The number of ether oxygens (including phenoxy) is 1. The minimum Gasteiger partial charge on any atom is -0.444 e. The molecule has 4 heteroatoms. The van der Waals surface area contributed by atoms with Gasteiger partial charge in [0.2, 0.25) is 5.88 Å². The van der Waals surface area contributed by atoms with E-state index in [1.807, 2.05) is 44.2 Å². The van der Waals surface area contributed by atoms with Gasteiger partial charge < -0.3 is 9.64 Å². The van der Waals surface area contributed by atoms with Crippen molar-refractivity contribution in [3.05, 3.63) is 41.1 Å². The predicted octanol–water partition coefficient (Wildman–Crippen LogP) is 4.35. The van der Waals surface area contributed by atoms with Crippen LogP contribution in [0.4, 0.5) is 5.82 Å². The molecule has 1 saturated heterocycles. The average Bonchev–Trinajstić information content (AvgIpc) is 2.83. The Morgan fingerprint density at radius 1 is 1.40 bits per heavy atom. The number of hydrogen-bond acceptors (Lipinski definition) is 3. The van der Waals surface area contributed by atoms with Crippen molar-refractivity contribution >= 4 is 17.4 Å². The van der Waals surface area contributed by atoms with Gasteiger partial charge in [-0.2, -0.15) is 4.98 Å². The quantitative estimate of drug-likeness (QED) is 0.609. The molecule has 2 heterocycles. The fourth-order valence-corrected chi connectivity index (χ4v) is 2.27. The van der Waals surface area contributed by atoms with Gasteiger partial charge in [-0.3, -0.25) is 0 Å². The zero-order valence-electron chi connectivity index (χ0n) is 12.3. The van der Waals surface area contributed by atoms with E-state index in [1.165, 1.54) is 6.42 Å². The van der Waals surface area contributed by atoms with Crippen LogP contribution >= 0.6 is 11.6 Å². The van der Waals surface area contributed by atoms with Gasteiger partial charge in [-0.25, -0.2) is 0 Å². The van der Waals surface area contributed by atoms with Gasteiger partial charge >= 0.3 is 0 Å². The highest BCUT2D eigenvalue weighted by molar-refractivity contribution is 6.29. The minimum absolute atomic E-state index is 0.622. The van der Waals surface area contributed by atoms with E-state index in [2.05, 4.69) is 16.8 Å². The van der Waals surface area contributed by atoms with Crippen LogP contribution < -0.4 is 9.64 Å². The normalized spacial score (nSPS) is 20.4. The van der Waals surface area contributed by atoms with Crippen LogP contribution in [-0.4, -0.2) is 18.1 Å². The minimum atomic E-state index is 0.622. The van der Waals surface area contributed by atoms with E-state index in [-0.39, 0.29) is 0 Å². The van der Waals surface area contributed by atoms with Gasteiger partial charge in [0.25, 0.3) is 0 Å². The third-order valence-corrected chi connectivity index (χ3v) is 3.40. The molecule has 1 aromatic heterocycles.